The predicted molar refractivity (Wildman–Crippen MR) is 125 cm³/mol. The molecule has 2 aromatic carbocycles. The Bertz CT molecular complexity index is 1130. The molecule has 0 fully saturated rings. The Morgan fingerprint density at radius 2 is 1.76 bits per heavy atom. The predicted octanol–water partition coefficient (Wildman–Crippen LogP) is 3.58. The number of nitrogens with zero attached hydrogens (tertiary/aromatic N) is 4. The van der Waals surface area contributed by atoms with Crippen LogP contribution in [0.3, 0.4) is 0 Å². The lowest BCUT2D eigenvalue weighted by Crippen LogP contribution is -2.33. The second-order valence-corrected chi connectivity index (χ2v) is 8.54. The lowest BCUT2D eigenvalue weighted by atomic mass is 10.0. The summed E-state index contributed by atoms with van der Waals surface area (Å²) in [6.07, 6.45) is 0. The topological polar surface area (TPSA) is 132 Å². The van der Waals surface area contributed by atoms with Crippen LogP contribution in [0.1, 0.15) is 36.1 Å². The second kappa shape index (κ2) is 10.7. The van der Waals surface area contributed by atoms with E-state index in [9.17, 15) is 19.7 Å². The van der Waals surface area contributed by atoms with Crippen LogP contribution in [0.2, 0.25) is 0 Å². The summed E-state index contributed by atoms with van der Waals surface area (Å²) in [5.41, 5.74) is 0.976. The van der Waals surface area contributed by atoms with E-state index in [-0.39, 0.29) is 35.2 Å². The van der Waals surface area contributed by atoms with E-state index in [2.05, 4.69) is 20.8 Å². The van der Waals surface area contributed by atoms with Crippen LogP contribution in [-0.4, -0.2) is 37.3 Å². The molecule has 0 saturated heterocycles. The van der Waals surface area contributed by atoms with Gasteiger partial charge in [0.1, 0.15) is 0 Å². The molecule has 11 heteroatoms. The molecule has 0 aliphatic carbocycles. The Labute approximate surface area is 194 Å². The van der Waals surface area contributed by atoms with Crippen molar-refractivity contribution in [1.82, 2.24) is 20.1 Å². The van der Waals surface area contributed by atoms with E-state index in [1.54, 1.807) is 35.9 Å². The zero-order valence-corrected chi connectivity index (χ0v) is 19.2. The molecule has 3 aromatic rings. The van der Waals surface area contributed by atoms with Gasteiger partial charge in [-0.1, -0.05) is 43.8 Å². The number of thioether (sulfide) groups is 1. The lowest BCUT2D eigenvalue weighted by Gasteiger charge is -2.21. The normalized spacial score (nSPS) is 11.8. The highest BCUT2D eigenvalue weighted by molar-refractivity contribution is 7.99. The van der Waals surface area contributed by atoms with E-state index in [4.69, 9.17) is 0 Å². The van der Waals surface area contributed by atoms with Gasteiger partial charge >= 0.3 is 0 Å². The summed E-state index contributed by atoms with van der Waals surface area (Å²) in [6, 6.07) is 14.2. The van der Waals surface area contributed by atoms with E-state index in [0.29, 0.717) is 22.2 Å². The first kappa shape index (κ1) is 23.9. The van der Waals surface area contributed by atoms with Gasteiger partial charge in [0, 0.05) is 30.4 Å². The molecule has 172 valence electrons. The highest BCUT2D eigenvalue weighted by Crippen LogP contribution is 2.25. The Balaban J connectivity index is 1.63. The van der Waals surface area contributed by atoms with Crippen LogP contribution in [0, 0.1) is 16.0 Å². The van der Waals surface area contributed by atoms with Gasteiger partial charge in [0.15, 0.2) is 11.0 Å². The van der Waals surface area contributed by atoms with Gasteiger partial charge < -0.3 is 15.2 Å². The minimum atomic E-state index is -0.500. The van der Waals surface area contributed by atoms with Gasteiger partial charge in [0.05, 0.1) is 16.7 Å². The maximum absolute atomic E-state index is 12.6. The van der Waals surface area contributed by atoms with Gasteiger partial charge in [0.2, 0.25) is 5.91 Å². The number of nitro groups is 1. The Kier molecular flexibility index (Phi) is 7.78. The molecule has 10 nitrogen and oxygen atoms in total. The average Bonchev–Trinajstić information content (AvgIpc) is 3.16. The van der Waals surface area contributed by atoms with Gasteiger partial charge in [-0.3, -0.25) is 19.7 Å². The number of non-ortho nitro benzene ring substituents is 1. The monoisotopic (exact) mass is 468 g/mol. The zero-order valence-electron chi connectivity index (χ0n) is 18.4. The summed E-state index contributed by atoms with van der Waals surface area (Å²) >= 11 is 1.20. The third-order valence-electron chi connectivity index (χ3n) is 4.83. The van der Waals surface area contributed by atoms with Crippen LogP contribution in [-0.2, 0) is 11.8 Å². The molecule has 3 rings (SSSR count). The third kappa shape index (κ3) is 6.16. The molecule has 0 radical (unpaired) electrons. The zero-order chi connectivity index (χ0) is 24.0. The number of carbonyl (C=O) groups excluding carboxylic acids is 2. The molecular formula is C22H24N6O4S. The van der Waals surface area contributed by atoms with Gasteiger partial charge in [-0.15, -0.1) is 10.2 Å². The number of rotatable bonds is 9. The first-order valence-electron chi connectivity index (χ1n) is 10.2. The van der Waals surface area contributed by atoms with Gasteiger partial charge in [-0.05, 0) is 30.2 Å². The highest BCUT2D eigenvalue weighted by atomic mass is 32.2. The molecule has 2 N–H and O–H groups in total. The number of amides is 2. The summed E-state index contributed by atoms with van der Waals surface area (Å²) in [5.74, 6) is 0.243. The van der Waals surface area contributed by atoms with Gasteiger partial charge in [0.25, 0.3) is 11.6 Å². The summed E-state index contributed by atoms with van der Waals surface area (Å²) in [7, 11) is 1.79. The maximum atomic E-state index is 12.6. The number of benzene rings is 2. The third-order valence-corrected chi connectivity index (χ3v) is 5.85. The molecule has 33 heavy (non-hydrogen) atoms. The Morgan fingerprint density at radius 3 is 2.36 bits per heavy atom. The molecule has 1 aromatic heterocycles. The molecule has 0 saturated carbocycles. The summed E-state index contributed by atoms with van der Waals surface area (Å²) < 4.78 is 1.76. The smallest absolute Gasteiger partial charge is 0.269 e. The van der Waals surface area contributed by atoms with Crippen molar-refractivity contribution < 1.29 is 14.5 Å². The van der Waals surface area contributed by atoms with E-state index in [0.717, 1.165) is 0 Å². The Morgan fingerprint density at radius 1 is 1.09 bits per heavy atom. The molecule has 0 aliphatic heterocycles. The quantitative estimate of drug-likeness (QED) is 0.279. The molecule has 0 aliphatic rings. The van der Waals surface area contributed by atoms with Crippen LogP contribution >= 0.6 is 11.8 Å². The fraction of sp³-hybridized carbons (Fsp3) is 0.273. The average molecular weight is 469 g/mol. The van der Waals surface area contributed by atoms with E-state index < -0.39 is 4.92 Å². The number of aromatic nitrogens is 3. The van der Waals surface area contributed by atoms with Crippen molar-refractivity contribution in [2.24, 2.45) is 13.0 Å². The molecular weight excluding hydrogens is 444 g/mol. The van der Waals surface area contributed by atoms with Crippen LogP contribution in [0.4, 0.5) is 11.4 Å². The van der Waals surface area contributed by atoms with Crippen molar-refractivity contribution >= 4 is 35.0 Å². The Hall–Kier alpha value is -3.73. The molecule has 0 bridgehead atoms. The summed E-state index contributed by atoms with van der Waals surface area (Å²) in [6.45, 7) is 3.96. The fourth-order valence-electron chi connectivity index (χ4n) is 3.06. The largest absolute Gasteiger partial charge is 0.342 e. The van der Waals surface area contributed by atoms with Crippen LogP contribution in [0.15, 0.2) is 59.8 Å². The lowest BCUT2D eigenvalue weighted by molar-refractivity contribution is -0.384. The highest BCUT2D eigenvalue weighted by Gasteiger charge is 2.25. The summed E-state index contributed by atoms with van der Waals surface area (Å²) in [5, 5.41) is 25.4. The van der Waals surface area contributed by atoms with Crippen molar-refractivity contribution in [2.75, 3.05) is 11.1 Å². The molecule has 0 unspecified atom stereocenters. The SMILES string of the molecule is CC(C)[C@@H](NC(=O)c1ccccc1)c1nnc(SCC(=O)Nc2ccc([N+](=O)[O-])cc2)n1C. The number of hydrogen-bond acceptors (Lipinski definition) is 7. The standard InChI is InChI=1S/C22H24N6O4S/c1-14(2)19(24-21(30)15-7-5-4-6-8-15)20-25-26-22(27(20)3)33-13-18(29)23-16-9-11-17(12-10-16)28(31)32/h4-12,14,19H,13H2,1-3H3,(H,23,29)(H,24,30)/t19-/m1/s1. The van der Waals surface area contributed by atoms with Crippen LogP contribution in [0.25, 0.3) is 0 Å². The minimum absolute atomic E-state index is 0.0481. The van der Waals surface area contributed by atoms with Crippen molar-refractivity contribution in [3.05, 3.63) is 76.1 Å². The maximum Gasteiger partial charge on any atom is 0.269 e. The number of nitrogens with one attached hydrogen (secondary N) is 2. The van der Waals surface area contributed by atoms with E-state index >= 15 is 0 Å². The van der Waals surface area contributed by atoms with Crippen molar-refractivity contribution in [3.8, 4) is 0 Å². The van der Waals surface area contributed by atoms with Crippen molar-refractivity contribution in [2.45, 2.75) is 25.0 Å². The van der Waals surface area contributed by atoms with Crippen molar-refractivity contribution in [1.29, 1.82) is 0 Å². The van der Waals surface area contributed by atoms with E-state index in [1.807, 2.05) is 19.9 Å². The van der Waals surface area contributed by atoms with E-state index in [1.165, 1.54) is 36.0 Å². The van der Waals surface area contributed by atoms with Crippen molar-refractivity contribution in [3.63, 3.8) is 0 Å². The van der Waals surface area contributed by atoms with Gasteiger partial charge in [-0.2, -0.15) is 0 Å². The second-order valence-electron chi connectivity index (χ2n) is 7.60. The molecule has 1 heterocycles. The number of nitro benzene ring substituents is 1. The molecule has 1 atom stereocenters. The number of carbonyl (C=O) groups is 2. The van der Waals surface area contributed by atoms with Crippen LogP contribution in [0.5, 0.6) is 0 Å². The first-order valence-corrected chi connectivity index (χ1v) is 11.2. The minimum Gasteiger partial charge on any atom is -0.342 e. The molecule has 2 amide bonds. The molecule has 0 spiro atoms. The summed E-state index contributed by atoms with van der Waals surface area (Å²) in [4.78, 5) is 35.1. The fourth-order valence-corrected chi connectivity index (χ4v) is 3.78. The number of anilines is 1. The van der Waals surface area contributed by atoms with Crippen LogP contribution < -0.4 is 10.6 Å². The number of hydrogen-bond donors (Lipinski definition) is 2. The van der Waals surface area contributed by atoms with Gasteiger partial charge in [-0.25, -0.2) is 0 Å². The first-order chi connectivity index (χ1) is 15.8.